The van der Waals surface area contributed by atoms with E-state index in [0.717, 1.165) is 38.8 Å². The van der Waals surface area contributed by atoms with Crippen molar-refractivity contribution in [1.29, 1.82) is 0 Å². The lowest BCUT2D eigenvalue weighted by Crippen LogP contribution is -2.54. The van der Waals surface area contributed by atoms with Crippen LogP contribution in [-0.4, -0.2) is 67.1 Å². The van der Waals surface area contributed by atoms with Gasteiger partial charge in [0.1, 0.15) is 11.6 Å². The van der Waals surface area contributed by atoms with E-state index in [0.29, 0.717) is 11.6 Å². The monoisotopic (exact) mass is 323 g/mol. The molecule has 23 heavy (non-hydrogen) atoms. The molecule has 0 spiro atoms. The number of benzene rings is 1. The molecule has 0 aromatic heterocycles. The first-order valence-corrected chi connectivity index (χ1v) is 8.66. The minimum Gasteiger partial charge on any atom is -0.305 e. The lowest BCUT2D eigenvalue weighted by Gasteiger charge is -2.44. The fourth-order valence-electron chi connectivity index (χ4n) is 3.96. The van der Waals surface area contributed by atoms with Crippen LogP contribution in [0.2, 0.25) is 0 Å². The van der Waals surface area contributed by atoms with Crippen LogP contribution in [0.3, 0.4) is 0 Å². The number of nitrogens with zero attached hydrogens (tertiary/aromatic N) is 3. The van der Waals surface area contributed by atoms with E-state index >= 15 is 0 Å². The Labute approximate surface area is 137 Å². The maximum Gasteiger partial charge on any atom is 0.130 e. The third-order valence-corrected chi connectivity index (χ3v) is 5.43. The SMILES string of the molecule is C[C@H](c1ccc(F)cc1F)N1CCN([C@@H]2CCCN(C)C2)CC1. The Balaban J connectivity index is 1.57. The van der Waals surface area contributed by atoms with Gasteiger partial charge in [-0.2, -0.15) is 0 Å². The fourth-order valence-corrected chi connectivity index (χ4v) is 3.96. The second-order valence-electron chi connectivity index (χ2n) is 6.97. The average molecular weight is 323 g/mol. The molecule has 2 aliphatic rings. The second-order valence-corrected chi connectivity index (χ2v) is 6.97. The Kier molecular flexibility index (Phi) is 5.29. The zero-order chi connectivity index (χ0) is 16.4. The minimum absolute atomic E-state index is 0.00761. The minimum atomic E-state index is -0.510. The molecule has 0 saturated carbocycles. The van der Waals surface area contributed by atoms with Crippen molar-refractivity contribution in [2.45, 2.75) is 31.8 Å². The second kappa shape index (κ2) is 7.24. The molecule has 128 valence electrons. The van der Waals surface area contributed by atoms with Crippen LogP contribution < -0.4 is 0 Å². The van der Waals surface area contributed by atoms with Gasteiger partial charge in [0, 0.05) is 56.4 Å². The average Bonchev–Trinajstić information content (AvgIpc) is 2.54. The van der Waals surface area contributed by atoms with E-state index in [2.05, 4.69) is 21.7 Å². The molecule has 0 bridgehead atoms. The van der Waals surface area contributed by atoms with Gasteiger partial charge in [0.2, 0.25) is 0 Å². The highest BCUT2D eigenvalue weighted by molar-refractivity contribution is 5.22. The van der Waals surface area contributed by atoms with Gasteiger partial charge in [0.25, 0.3) is 0 Å². The topological polar surface area (TPSA) is 9.72 Å². The molecule has 2 aliphatic heterocycles. The number of hydrogen-bond donors (Lipinski definition) is 0. The van der Waals surface area contributed by atoms with Gasteiger partial charge in [-0.3, -0.25) is 9.80 Å². The summed E-state index contributed by atoms with van der Waals surface area (Å²) in [6.07, 6.45) is 2.56. The van der Waals surface area contributed by atoms with Crippen molar-refractivity contribution in [3.05, 3.63) is 35.4 Å². The van der Waals surface area contributed by atoms with E-state index in [1.165, 1.54) is 25.5 Å². The lowest BCUT2D eigenvalue weighted by molar-refractivity contribution is 0.0447. The third-order valence-electron chi connectivity index (χ3n) is 5.43. The van der Waals surface area contributed by atoms with Gasteiger partial charge >= 0.3 is 0 Å². The molecule has 2 fully saturated rings. The van der Waals surface area contributed by atoms with E-state index < -0.39 is 11.6 Å². The first-order chi connectivity index (χ1) is 11.0. The first kappa shape index (κ1) is 16.8. The van der Waals surface area contributed by atoms with Crippen LogP contribution in [0.5, 0.6) is 0 Å². The maximum atomic E-state index is 14.0. The van der Waals surface area contributed by atoms with Crippen molar-refractivity contribution < 1.29 is 8.78 Å². The Bertz CT molecular complexity index is 529. The summed E-state index contributed by atoms with van der Waals surface area (Å²) in [5.41, 5.74) is 0.595. The van der Waals surface area contributed by atoms with Gasteiger partial charge < -0.3 is 4.90 Å². The van der Waals surface area contributed by atoms with Gasteiger partial charge in [-0.1, -0.05) is 6.07 Å². The molecule has 1 aromatic carbocycles. The van der Waals surface area contributed by atoms with E-state index in [9.17, 15) is 8.78 Å². The number of likely N-dealkylation sites (N-methyl/N-ethyl adjacent to an activating group) is 1. The summed E-state index contributed by atoms with van der Waals surface area (Å²) in [6.45, 7) is 8.33. The van der Waals surface area contributed by atoms with Crippen LogP contribution in [0.25, 0.3) is 0 Å². The molecular weight excluding hydrogens is 296 g/mol. The number of piperidine rings is 1. The number of piperazine rings is 1. The molecule has 0 radical (unpaired) electrons. The van der Waals surface area contributed by atoms with E-state index in [-0.39, 0.29) is 6.04 Å². The zero-order valence-electron chi connectivity index (χ0n) is 14.1. The van der Waals surface area contributed by atoms with Gasteiger partial charge in [0.15, 0.2) is 0 Å². The number of rotatable bonds is 3. The lowest BCUT2D eigenvalue weighted by atomic mass is 10.0. The number of halogens is 2. The van der Waals surface area contributed by atoms with Crippen molar-refractivity contribution in [2.24, 2.45) is 0 Å². The van der Waals surface area contributed by atoms with Crippen LogP contribution >= 0.6 is 0 Å². The Morgan fingerprint density at radius 1 is 1.09 bits per heavy atom. The van der Waals surface area contributed by atoms with E-state index in [1.54, 1.807) is 6.07 Å². The van der Waals surface area contributed by atoms with Crippen LogP contribution in [0.15, 0.2) is 18.2 Å². The van der Waals surface area contributed by atoms with Gasteiger partial charge in [-0.15, -0.1) is 0 Å². The van der Waals surface area contributed by atoms with Crippen molar-refractivity contribution in [2.75, 3.05) is 46.3 Å². The van der Waals surface area contributed by atoms with E-state index in [4.69, 9.17) is 0 Å². The summed E-state index contributed by atoms with van der Waals surface area (Å²) in [5.74, 6) is -0.946. The largest absolute Gasteiger partial charge is 0.305 e. The van der Waals surface area contributed by atoms with Crippen molar-refractivity contribution in [1.82, 2.24) is 14.7 Å². The Hall–Kier alpha value is -1.04. The van der Waals surface area contributed by atoms with Crippen molar-refractivity contribution >= 4 is 0 Å². The smallest absolute Gasteiger partial charge is 0.130 e. The van der Waals surface area contributed by atoms with Gasteiger partial charge in [-0.05, 0) is 39.4 Å². The Morgan fingerprint density at radius 2 is 1.83 bits per heavy atom. The normalized spacial score (nSPS) is 26.3. The molecule has 0 N–H and O–H groups in total. The van der Waals surface area contributed by atoms with E-state index in [1.807, 2.05) is 6.92 Å². The molecule has 3 rings (SSSR count). The summed E-state index contributed by atoms with van der Waals surface area (Å²) in [6, 6.07) is 4.57. The fraction of sp³-hybridized carbons (Fsp3) is 0.667. The molecule has 2 saturated heterocycles. The molecule has 0 unspecified atom stereocenters. The maximum absolute atomic E-state index is 14.0. The van der Waals surface area contributed by atoms with Crippen molar-refractivity contribution in [3.63, 3.8) is 0 Å². The first-order valence-electron chi connectivity index (χ1n) is 8.66. The zero-order valence-corrected chi connectivity index (χ0v) is 14.1. The predicted molar refractivity (Wildman–Crippen MR) is 88.4 cm³/mol. The number of likely N-dealkylation sites (tertiary alicyclic amines) is 1. The standard InChI is InChI=1S/C18H27F2N3/c1-14(17-6-5-15(19)12-18(17)20)22-8-10-23(11-9-22)16-4-3-7-21(2)13-16/h5-6,12,14,16H,3-4,7-11,13H2,1-2H3/t14-,16-/m1/s1. The number of hydrogen-bond acceptors (Lipinski definition) is 3. The molecular formula is C18H27F2N3. The quantitative estimate of drug-likeness (QED) is 0.847. The summed E-state index contributed by atoms with van der Waals surface area (Å²) in [4.78, 5) is 7.30. The summed E-state index contributed by atoms with van der Waals surface area (Å²) in [5, 5.41) is 0. The van der Waals surface area contributed by atoms with Crippen LogP contribution in [0, 0.1) is 11.6 Å². The molecule has 3 nitrogen and oxygen atoms in total. The third kappa shape index (κ3) is 3.90. The van der Waals surface area contributed by atoms with Crippen LogP contribution in [0.1, 0.15) is 31.4 Å². The molecule has 0 aliphatic carbocycles. The van der Waals surface area contributed by atoms with Gasteiger partial charge in [0.05, 0.1) is 0 Å². The molecule has 1 aromatic rings. The summed E-state index contributed by atoms with van der Waals surface area (Å²) in [7, 11) is 2.20. The summed E-state index contributed by atoms with van der Waals surface area (Å²) < 4.78 is 27.1. The highest BCUT2D eigenvalue weighted by Crippen LogP contribution is 2.26. The highest BCUT2D eigenvalue weighted by Gasteiger charge is 2.29. The molecule has 2 heterocycles. The van der Waals surface area contributed by atoms with Crippen molar-refractivity contribution in [3.8, 4) is 0 Å². The van der Waals surface area contributed by atoms with Crippen LogP contribution in [-0.2, 0) is 0 Å². The molecule has 0 amide bonds. The molecule has 5 heteroatoms. The highest BCUT2D eigenvalue weighted by atomic mass is 19.1. The predicted octanol–water partition coefficient (Wildman–Crippen LogP) is 2.74. The Morgan fingerprint density at radius 3 is 2.48 bits per heavy atom. The summed E-state index contributed by atoms with van der Waals surface area (Å²) >= 11 is 0. The van der Waals surface area contributed by atoms with Gasteiger partial charge in [-0.25, -0.2) is 8.78 Å². The van der Waals surface area contributed by atoms with Crippen LogP contribution in [0.4, 0.5) is 8.78 Å². The molecule has 2 atom stereocenters.